The molecule has 7 heteroatoms. The average molecular weight is 368 g/mol. The summed E-state index contributed by atoms with van der Waals surface area (Å²) in [6.45, 7) is 11.8. The standard InChI is InChI=1S/C18H29N3O3S/c1-5-21(6-2)25(23,24)17-9-7-8-16(14-17)18(22)20-12-10-19(11-13-20)15(3)4/h7-9,14-15H,5-6,10-13H2,1-4H3. The minimum atomic E-state index is -3.55. The molecule has 0 saturated carbocycles. The van der Waals surface area contributed by atoms with E-state index in [2.05, 4.69) is 18.7 Å². The van der Waals surface area contributed by atoms with Gasteiger partial charge in [-0.1, -0.05) is 19.9 Å². The van der Waals surface area contributed by atoms with E-state index in [1.807, 2.05) is 18.7 Å². The molecule has 1 aromatic carbocycles. The molecule has 0 atom stereocenters. The van der Waals surface area contributed by atoms with Crippen molar-refractivity contribution in [3.05, 3.63) is 29.8 Å². The van der Waals surface area contributed by atoms with Gasteiger partial charge in [0.1, 0.15) is 0 Å². The summed E-state index contributed by atoms with van der Waals surface area (Å²) >= 11 is 0. The van der Waals surface area contributed by atoms with E-state index in [1.54, 1.807) is 18.2 Å². The summed E-state index contributed by atoms with van der Waals surface area (Å²) in [4.78, 5) is 17.1. The van der Waals surface area contributed by atoms with E-state index in [-0.39, 0.29) is 10.8 Å². The lowest BCUT2D eigenvalue weighted by atomic mass is 10.1. The van der Waals surface area contributed by atoms with Crippen molar-refractivity contribution in [3.63, 3.8) is 0 Å². The van der Waals surface area contributed by atoms with Crippen molar-refractivity contribution in [2.24, 2.45) is 0 Å². The second-order valence-electron chi connectivity index (χ2n) is 6.54. The maximum atomic E-state index is 12.8. The lowest BCUT2D eigenvalue weighted by Gasteiger charge is -2.37. The van der Waals surface area contributed by atoms with Crippen molar-refractivity contribution in [1.82, 2.24) is 14.1 Å². The van der Waals surface area contributed by atoms with Crippen LogP contribution in [0.1, 0.15) is 38.1 Å². The van der Waals surface area contributed by atoms with Crippen molar-refractivity contribution in [1.29, 1.82) is 0 Å². The Labute approximate surface area is 151 Å². The van der Waals surface area contributed by atoms with E-state index >= 15 is 0 Å². The summed E-state index contributed by atoms with van der Waals surface area (Å²) < 4.78 is 26.7. The number of hydrogen-bond acceptors (Lipinski definition) is 4. The zero-order chi connectivity index (χ0) is 18.6. The van der Waals surface area contributed by atoms with E-state index < -0.39 is 10.0 Å². The van der Waals surface area contributed by atoms with Crippen LogP contribution in [0.3, 0.4) is 0 Å². The third-order valence-corrected chi connectivity index (χ3v) is 6.80. The van der Waals surface area contributed by atoms with Crippen LogP contribution in [-0.2, 0) is 10.0 Å². The number of sulfonamides is 1. The Bertz CT molecular complexity index is 691. The molecule has 0 N–H and O–H groups in total. The van der Waals surface area contributed by atoms with E-state index in [0.29, 0.717) is 37.8 Å². The molecule has 1 heterocycles. The molecular formula is C18H29N3O3S. The highest BCUT2D eigenvalue weighted by molar-refractivity contribution is 7.89. The van der Waals surface area contributed by atoms with Crippen molar-refractivity contribution in [2.75, 3.05) is 39.3 Å². The maximum Gasteiger partial charge on any atom is 0.253 e. The third kappa shape index (κ3) is 4.40. The highest BCUT2D eigenvalue weighted by Gasteiger charge is 2.26. The molecule has 6 nitrogen and oxygen atoms in total. The van der Waals surface area contributed by atoms with E-state index in [4.69, 9.17) is 0 Å². The SMILES string of the molecule is CCN(CC)S(=O)(=O)c1cccc(C(=O)N2CCN(C(C)C)CC2)c1. The molecule has 0 unspecified atom stereocenters. The second-order valence-corrected chi connectivity index (χ2v) is 8.48. The van der Waals surface area contributed by atoms with Gasteiger partial charge >= 0.3 is 0 Å². The number of amides is 1. The van der Waals surface area contributed by atoms with Gasteiger partial charge in [-0.3, -0.25) is 9.69 Å². The van der Waals surface area contributed by atoms with Crippen LogP contribution in [0.15, 0.2) is 29.2 Å². The van der Waals surface area contributed by atoms with Gasteiger partial charge in [0.15, 0.2) is 0 Å². The summed E-state index contributed by atoms with van der Waals surface area (Å²) in [5.41, 5.74) is 0.436. The van der Waals surface area contributed by atoms with E-state index in [9.17, 15) is 13.2 Å². The largest absolute Gasteiger partial charge is 0.336 e. The van der Waals surface area contributed by atoms with Gasteiger partial charge in [-0.05, 0) is 32.0 Å². The fraction of sp³-hybridized carbons (Fsp3) is 0.611. The summed E-state index contributed by atoms with van der Waals surface area (Å²) in [5, 5.41) is 0. The molecule has 140 valence electrons. The Morgan fingerprint density at radius 2 is 1.72 bits per heavy atom. The molecular weight excluding hydrogens is 338 g/mol. The van der Waals surface area contributed by atoms with Gasteiger partial charge in [-0.15, -0.1) is 0 Å². The number of nitrogens with zero attached hydrogens (tertiary/aromatic N) is 3. The van der Waals surface area contributed by atoms with Crippen molar-refractivity contribution in [3.8, 4) is 0 Å². The number of carbonyl (C=O) groups excluding carboxylic acids is 1. The second kappa shape index (κ2) is 8.29. The molecule has 0 aliphatic carbocycles. The number of carbonyl (C=O) groups is 1. The Hall–Kier alpha value is -1.44. The van der Waals surface area contributed by atoms with Gasteiger partial charge in [0.05, 0.1) is 4.90 Å². The number of hydrogen-bond donors (Lipinski definition) is 0. The Morgan fingerprint density at radius 1 is 1.12 bits per heavy atom. The van der Waals surface area contributed by atoms with Crippen LogP contribution in [0.25, 0.3) is 0 Å². The van der Waals surface area contributed by atoms with E-state index in [1.165, 1.54) is 10.4 Å². The molecule has 1 amide bonds. The van der Waals surface area contributed by atoms with Crippen LogP contribution in [0.5, 0.6) is 0 Å². The summed E-state index contributed by atoms with van der Waals surface area (Å²) in [6, 6.07) is 6.87. The predicted molar refractivity (Wildman–Crippen MR) is 99.2 cm³/mol. The fourth-order valence-electron chi connectivity index (χ4n) is 3.13. The molecule has 0 spiro atoms. The Kier molecular flexibility index (Phi) is 6.59. The van der Waals surface area contributed by atoms with Crippen LogP contribution in [0, 0.1) is 0 Å². The van der Waals surface area contributed by atoms with Crippen molar-refractivity contribution >= 4 is 15.9 Å². The molecule has 1 fully saturated rings. The minimum absolute atomic E-state index is 0.0972. The number of piperazine rings is 1. The Morgan fingerprint density at radius 3 is 2.24 bits per heavy atom. The van der Waals surface area contributed by atoms with Gasteiger partial charge < -0.3 is 4.90 Å². The van der Waals surface area contributed by atoms with Gasteiger partial charge in [0.25, 0.3) is 5.91 Å². The van der Waals surface area contributed by atoms with Crippen LogP contribution in [0.4, 0.5) is 0 Å². The smallest absolute Gasteiger partial charge is 0.253 e. The first-order chi connectivity index (χ1) is 11.8. The van der Waals surface area contributed by atoms with Gasteiger partial charge in [0, 0.05) is 50.9 Å². The maximum absolute atomic E-state index is 12.8. The summed E-state index contributed by atoms with van der Waals surface area (Å²) in [7, 11) is -3.55. The Balaban J connectivity index is 2.18. The first kappa shape index (κ1) is 19.9. The molecule has 0 bridgehead atoms. The topological polar surface area (TPSA) is 60.9 Å². The minimum Gasteiger partial charge on any atom is -0.336 e. The van der Waals surface area contributed by atoms with Gasteiger partial charge in [0.2, 0.25) is 10.0 Å². The lowest BCUT2D eigenvalue weighted by Crippen LogP contribution is -2.50. The molecule has 0 aromatic heterocycles. The summed E-state index contributed by atoms with van der Waals surface area (Å²) in [5.74, 6) is -0.0972. The molecule has 1 aromatic rings. The van der Waals surface area contributed by atoms with Crippen molar-refractivity contribution < 1.29 is 13.2 Å². The quantitative estimate of drug-likeness (QED) is 0.770. The van der Waals surface area contributed by atoms with Crippen LogP contribution >= 0.6 is 0 Å². The monoisotopic (exact) mass is 367 g/mol. The molecule has 0 radical (unpaired) electrons. The van der Waals surface area contributed by atoms with Crippen LogP contribution in [-0.4, -0.2) is 73.7 Å². The number of benzene rings is 1. The molecule has 1 saturated heterocycles. The first-order valence-electron chi connectivity index (χ1n) is 8.94. The van der Waals surface area contributed by atoms with Crippen molar-refractivity contribution in [2.45, 2.75) is 38.6 Å². The predicted octanol–water partition coefficient (Wildman–Crippen LogP) is 1.88. The van der Waals surface area contributed by atoms with Gasteiger partial charge in [-0.25, -0.2) is 8.42 Å². The lowest BCUT2D eigenvalue weighted by molar-refractivity contribution is 0.0595. The highest BCUT2D eigenvalue weighted by Crippen LogP contribution is 2.18. The van der Waals surface area contributed by atoms with E-state index in [0.717, 1.165) is 13.1 Å². The number of rotatable bonds is 6. The zero-order valence-electron chi connectivity index (χ0n) is 15.6. The molecule has 25 heavy (non-hydrogen) atoms. The molecule has 1 aliphatic heterocycles. The zero-order valence-corrected chi connectivity index (χ0v) is 16.4. The normalized spacial score (nSPS) is 16.6. The highest BCUT2D eigenvalue weighted by atomic mass is 32.2. The summed E-state index contributed by atoms with van der Waals surface area (Å²) in [6.07, 6.45) is 0. The molecule has 2 rings (SSSR count). The fourth-order valence-corrected chi connectivity index (χ4v) is 4.63. The third-order valence-electron chi connectivity index (χ3n) is 4.76. The van der Waals surface area contributed by atoms with Crippen LogP contribution in [0.2, 0.25) is 0 Å². The average Bonchev–Trinajstić information content (AvgIpc) is 2.62. The molecule has 1 aliphatic rings. The first-order valence-corrected chi connectivity index (χ1v) is 10.4. The van der Waals surface area contributed by atoms with Gasteiger partial charge in [-0.2, -0.15) is 4.31 Å². The van der Waals surface area contributed by atoms with Crippen LogP contribution < -0.4 is 0 Å².